The number of aliphatic hydroxyl groups is 2. The molecule has 1 amide bonds. The molecule has 0 radical (unpaired) electrons. The van der Waals surface area contributed by atoms with Crippen molar-refractivity contribution in [2.75, 3.05) is 0 Å². The van der Waals surface area contributed by atoms with Gasteiger partial charge in [-0.15, -0.1) is 11.3 Å². The molecular formula is C27H40N2O4S. The highest BCUT2D eigenvalue weighted by Crippen LogP contribution is 2.31. The molecule has 0 aliphatic carbocycles. The monoisotopic (exact) mass is 488 g/mol. The summed E-state index contributed by atoms with van der Waals surface area (Å²) in [5.41, 5.74) is 1.80. The Hall–Kier alpha value is -2.09. The Morgan fingerprint density at radius 2 is 1.91 bits per heavy atom. The van der Waals surface area contributed by atoms with Gasteiger partial charge >= 0.3 is 0 Å². The maximum atomic E-state index is 13.2. The highest BCUT2D eigenvalue weighted by Gasteiger charge is 2.41. The number of hydrogen-bond acceptors (Lipinski definition) is 6. The number of carbonyl (C=O) groups is 2. The Bertz CT molecular complexity index is 960. The molecule has 0 saturated heterocycles. The number of aryl methyl sites for hydroxylation is 1. The van der Waals surface area contributed by atoms with Crippen molar-refractivity contribution in [2.24, 2.45) is 17.3 Å². The number of carbonyl (C=O) groups excluding carboxylic acids is 2. The van der Waals surface area contributed by atoms with Crippen LogP contribution in [0.2, 0.25) is 0 Å². The van der Waals surface area contributed by atoms with Crippen LogP contribution >= 0.6 is 11.3 Å². The summed E-state index contributed by atoms with van der Waals surface area (Å²) in [5.74, 6) is -1.46. The number of amides is 1. The summed E-state index contributed by atoms with van der Waals surface area (Å²) in [5, 5.41) is 27.6. The number of aliphatic hydroxyl groups excluding tert-OH is 2. The molecule has 0 aromatic carbocycles. The first-order valence-corrected chi connectivity index (χ1v) is 12.8. The van der Waals surface area contributed by atoms with E-state index in [2.05, 4.69) is 16.4 Å². The number of nitrogens with one attached hydrogen (secondary N) is 1. The molecule has 3 N–H and O–H groups in total. The number of hydrogen-bond donors (Lipinski definition) is 3. The van der Waals surface area contributed by atoms with Gasteiger partial charge in [0.05, 0.1) is 40.8 Å². The molecule has 6 nitrogen and oxygen atoms in total. The van der Waals surface area contributed by atoms with Crippen molar-refractivity contribution in [1.29, 1.82) is 0 Å². The highest BCUT2D eigenvalue weighted by atomic mass is 32.1. The number of aromatic nitrogens is 1. The third-order valence-electron chi connectivity index (χ3n) is 6.79. The lowest BCUT2D eigenvalue weighted by atomic mass is 9.73. The largest absolute Gasteiger partial charge is 0.392 e. The van der Waals surface area contributed by atoms with Gasteiger partial charge in [0, 0.05) is 17.2 Å². The molecule has 7 heteroatoms. The average Bonchev–Trinajstić information content (AvgIpc) is 3.18. The Morgan fingerprint density at radius 3 is 2.53 bits per heavy atom. The van der Waals surface area contributed by atoms with Crippen molar-refractivity contribution >= 4 is 29.1 Å². The maximum absolute atomic E-state index is 13.2. The lowest BCUT2D eigenvalue weighted by molar-refractivity contribution is -0.142. The van der Waals surface area contributed by atoms with Crippen LogP contribution in [-0.2, 0) is 9.59 Å². The third kappa shape index (κ3) is 7.45. The van der Waals surface area contributed by atoms with Gasteiger partial charge in [-0.25, -0.2) is 4.98 Å². The van der Waals surface area contributed by atoms with Crippen LogP contribution in [0.15, 0.2) is 34.8 Å². The fourth-order valence-corrected chi connectivity index (χ4v) is 4.74. The summed E-state index contributed by atoms with van der Waals surface area (Å²) < 4.78 is 0. The smallest absolute Gasteiger partial charge is 0.223 e. The molecule has 34 heavy (non-hydrogen) atoms. The molecule has 1 aliphatic rings. The summed E-state index contributed by atoms with van der Waals surface area (Å²) in [4.78, 5) is 30.6. The third-order valence-corrected chi connectivity index (χ3v) is 7.58. The van der Waals surface area contributed by atoms with Gasteiger partial charge < -0.3 is 15.5 Å². The molecule has 0 fully saturated rings. The fourth-order valence-electron chi connectivity index (χ4n) is 4.17. The van der Waals surface area contributed by atoms with Gasteiger partial charge in [0.1, 0.15) is 5.78 Å². The first-order chi connectivity index (χ1) is 15.8. The summed E-state index contributed by atoms with van der Waals surface area (Å²) in [6, 6.07) is -0.257. The van der Waals surface area contributed by atoms with Crippen LogP contribution in [0.5, 0.6) is 0 Å². The van der Waals surface area contributed by atoms with Crippen molar-refractivity contribution in [1.82, 2.24) is 10.3 Å². The second-order valence-electron chi connectivity index (χ2n) is 10.2. The van der Waals surface area contributed by atoms with Crippen LogP contribution in [0.4, 0.5) is 0 Å². The SMILES string of the molecule is C/C1=C/C[C@@H](/C(C)=C/c2csc(C)n2)NC(=O)C[C@H](O)C(C)(C)C(=O)[C@H](C)[C@@H](O)[C@@H](C)/C=C\C1. The van der Waals surface area contributed by atoms with Crippen LogP contribution < -0.4 is 5.32 Å². The van der Waals surface area contributed by atoms with E-state index < -0.39 is 23.5 Å². The van der Waals surface area contributed by atoms with Gasteiger partial charge in [-0.05, 0) is 45.3 Å². The lowest BCUT2D eigenvalue weighted by Crippen LogP contribution is -2.47. The molecule has 188 valence electrons. The fraction of sp³-hybridized carbons (Fsp3) is 0.593. The van der Waals surface area contributed by atoms with Crippen LogP contribution in [0.1, 0.15) is 71.5 Å². The Balaban J connectivity index is 2.37. The highest BCUT2D eigenvalue weighted by molar-refractivity contribution is 7.09. The van der Waals surface area contributed by atoms with E-state index in [-0.39, 0.29) is 30.1 Å². The molecule has 0 bridgehead atoms. The first-order valence-electron chi connectivity index (χ1n) is 11.9. The topological polar surface area (TPSA) is 99.5 Å². The van der Waals surface area contributed by atoms with Crippen LogP contribution in [0.25, 0.3) is 6.08 Å². The second-order valence-corrected chi connectivity index (χ2v) is 11.2. The zero-order valence-corrected chi connectivity index (χ0v) is 22.3. The number of allylic oxidation sites excluding steroid dienone is 2. The van der Waals surface area contributed by atoms with E-state index in [1.807, 2.05) is 51.3 Å². The lowest BCUT2D eigenvalue weighted by Gasteiger charge is -2.34. The maximum Gasteiger partial charge on any atom is 0.223 e. The Labute approximate surface area is 207 Å². The number of Topliss-reactive ketones (excluding diaryl/α,β-unsaturated/α-hetero) is 1. The molecule has 2 heterocycles. The molecule has 0 saturated carbocycles. The predicted octanol–water partition coefficient (Wildman–Crippen LogP) is 4.62. The summed E-state index contributed by atoms with van der Waals surface area (Å²) in [6.45, 7) is 12.8. The number of rotatable bonds is 2. The number of ketones is 1. The van der Waals surface area contributed by atoms with E-state index in [4.69, 9.17) is 0 Å². The van der Waals surface area contributed by atoms with E-state index in [9.17, 15) is 19.8 Å². The summed E-state index contributed by atoms with van der Waals surface area (Å²) >= 11 is 1.58. The van der Waals surface area contributed by atoms with Gasteiger partial charge in [-0.3, -0.25) is 9.59 Å². The van der Waals surface area contributed by atoms with Gasteiger partial charge in [-0.1, -0.05) is 51.5 Å². The van der Waals surface area contributed by atoms with Crippen molar-refractivity contribution in [3.8, 4) is 0 Å². The Morgan fingerprint density at radius 1 is 1.24 bits per heavy atom. The van der Waals surface area contributed by atoms with Gasteiger partial charge in [0.25, 0.3) is 0 Å². The molecule has 0 spiro atoms. The minimum atomic E-state index is -1.17. The number of thiazole rings is 1. The second kappa shape index (κ2) is 12.0. The van der Waals surface area contributed by atoms with Crippen molar-refractivity contribution in [2.45, 2.75) is 86.0 Å². The molecule has 1 aromatic heterocycles. The minimum Gasteiger partial charge on any atom is -0.392 e. The summed E-state index contributed by atoms with van der Waals surface area (Å²) in [7, 11) is 0. The van der Waals surface area contributed by atoms with Crippen LogP contribution in [-0.4, -0.2) is 45.1 Å². The van der Waals surface area contributed by atoms with E-state index in [1.54, 1.807) is 32.1 Å². The summed E-state index contributed by atoms with van der Waals surface area (Å²) in [6.07, 6.45) is 7.13. The van der Waals surface area contributed by atoms with E-state index >= 15 is 0 Å². The van der Waals surface area contributed by atoms with Gasteiger partial charge in [-0.2, -0.15) is 0 Å². The standard InChI is InChI=1S/C27H40N2O4S/c1-16-9-8-10-17(2)25(32)19(4)26(33)27(6,7)23(30)14-24(31)29-22(12-11-16)18(3)13-21-15-34-20(5)28-21/h8,10-11,13,15,17,19,22-23,25,30,32H,9,12,14H2,1-7H3,(H,29,31)/b10-8-,16-11-,18-13+/t17-,19+,22-,23-,25-/m0/s1. The average molecular weight is 489 g/mol. The van der Waals surface area contributed by atoms with E-state index in [0.29, 0.717) is 6.42 Å². The minimum absolute atomic E-state index is 0.195. The molecule has 1 aromatic rings. The molecular weight excluding hydrogens is 448 g/mol. The van der Waals surface area contributed by atoms with Gasteiger partial charge in [0.15, 0.2) is 0 Å². The molecule has 0 unspecified atom stereocenters. The van der Waals surface area contributed by atoms with Crippen molar-refractivity contribution < 1.29 is 19.8 Å². The first kappa shape index (κ1) is 28.1. The Kier molecular flexibility index (Phi) is 9.97. The van der Waals surface area contributed by atoms with E-state index in [0.717, 1.165) is 28.3 Å². The van der Waals surface area contributed by atoms with Crippen molar-refractivity contribution in [3.63, 3.8) is 0 Å². The van der Waals surface area contributed by atoms with Crippen LogP contribution in [0.3, 0.4) is 0 Å². The predicted molar refractivity (Wildman–Crippen MR) is 138 cm³/mol. The zero-order chi connectivity index (χ0) is 25.6. The van der Waals surface area contributed by atoms with E-state index in [1.165, 1.54) is 0 Å². The van der Waals surface area contributed by atoms with Gasteiger partial charge in [0.2, 0.25) is 5.91 Å². The molecule has 1 aliphatic heterocycles. The number of nitrogens with zero attached hydrogens (tertiary/aromatic N) is 1. The normalized spacial score (nSPS) is 32.6. The van der Waals surface area contributed by atoms with Crippen LogP contribution in [0, 0.1) is 24.2 Å². The zero-order valence-electron chi connectivity index (χ0n) is 21.5. The molecule has 5 atom stereocenters. The van der Waals surface area contributed by atoms with Crippen molar-refractivity contribution in [3.05, 3.63) is 45.5 Å². The quantitative estimate of drug-likeness (QED) is 0.528. The molecule has 2 rings (SSSR count).